The van der Waals surface area contributed by atoms with E-state index in [0.717, 1.165) is 31.9 Å². The topological polar surface area (TPSA) is 44.5 Å². The molecular formula is C14H26N4O. The molecule has 1 aliphatic rings. The Morgan fingerprint density at radius 1 is 1.47 bits per heavy atom. The van der Waals surface area contributed by atoms with Gasteiger partial charge in [-0.25, -0.2) is 0 Å². The molecule has 0 aromatic carbocycles. The third kappa shape index (κ3) is 3.35. The van der Waals surface area contributed by atoms with E-state index in [2.05, 4.69) is 46.5 Å². The molecule has 19 heavy (non-hydrogen) atoms. The van der Waals surface area contributed by atoms with Crippen LogP contribution in [0, 0.1) is 13.8 Å². The second-order valence-electron chi connectivity index (χ2n) is 5.81. The fourth-order valence-electron chi connectivity index (χ4n) is 2.85. The lowest BCUT2D eigenvalue weighted by atomic mass is 10.1. The van der Waals surface area contributed by atoms with Gasteiger partial charge in [0.25, 0.3) is 0 Å². The minimum atomic E-state index is 0.234. The first-order chi connectivity index (χ1) is 9.01. The third-order valence-corrected chi connectivity index (χ3v) is 3.96. The van der Waals surface area contributed by atoms with Crippen LogP contribution in [0.15, 0.2) is 6.07 Å². The van der Waals surface area contributed by atoms with Crippen LogP contribution >= 0.6 is 0 Å². The Morgan fingerprint density at radius 2 is 2.16 bits per heavy atom. The molecule has 108 valence electrons. The summed E-state index contributed by atoms with van der Waals surface area (Å²) in [5.41, 5.74) is 2.36. The quantitative estimate of drug-likeness (QED) is 0.822. The van der Waals surface area contributed by atoms with Crippen molar-refractivity contribution in [1.82, 2.24) is 19.6 Å². The number of likely N-dealkylation sites (tertiary alicyclic amines) is 1. The second-order valence-corrected chi connectivity index (χ2v) is 5.81. The standard InChI is InChI=1S/C14H26N4O/c1-11-7-12(2)18(15-11)14-9-17(10-14)13(3)8-16(4)5-6-19/h7,13-14,19H,5-6,8-10H2,1-4H3. The SMILES string of the molecule is Cc1cc(C)n(C2CN(C(C)CN(C)CCO)C2)n1. The summed E-state index contributed by atoms with van der Waals surface area (Å²) in [6, 6.07) is 3.20. The van der Waals surface area contributed by atoms with Gasteiger partial charge in [0.05, 0.1) is 18.3 Å². The first-order valence-electron chi connectivity index (χ1n) is 7.07. The summed E-state index contributed by atoms with van der Waals surface area (Å²) in [4.78, 5) is 4.66. The molecular weight excluding hydrogens is 240 g/mol. The molecule has 0 amide bonds. The molecule has 1 aromatic heterocycles. The van der Waals surface area contributed by atoms with Crippen LogP contribution in [0.4, 0.5) is 0 Å². The maximum atomic E-state index is 8.92. The highest BCUT2D eigenvalue weighted by molar-refractivity contribution is 5.09. The number of nitrogens with zero attached hydrogens (tertiary/aromatic N) is 4. The highest BCUT2D eigenvalue weighted by atomic mass is 16.3. The van der Waals surface area contributed by atoms with Crippen molar-refractivity contribution in [2.24, 2.45) is 0 Å². The number of hydrogen-bond donors (Lipinski definition) is 1. The monoisotopic (exact) mass is 266 g/mol. The lowest BCUT2D eigenvalue weighted by Gasteiger charge is -2.44. The summed E-state index contributed by atoms with van der Waals surface area (Å²) >= 11 is 0. The fourth-order valence-corrected chi connectivity index (χ4v) is 2.85. The largest absolute Gasteiger partial charge is 0.395 e. The first-order valence-corrected chi connectivity index (χ1v) is 7.07. The highest BCUT2D eigenvalue weighted by Gasteiger charge is 2.32. The summed E-state index contributed by atoms with van der Waals surface area (Å²) in [6.45, 7) is 10.6. The van der Waals surface area contributed by atoms with Crippen molar-refractivity contribution < 1.29 is 5.11 Å². The molecule has 1 aliphatic heterocycles. The van der Waals surface area contributed by atoms with Crippen LogP contribution in [-0.4, -0.2) is 70.6 Å². The molecule has 5 nitrogen and oxygen atoms in total. The van der Waals surface area contributed by atoms with Crippen LogP contribution in [0.3, 0.4) is 0 Å². The number of aryl methyl sites for hydroxylation is 2. The molecule has 5 heteroatoms. The number of aliphatic hydroxyl groups is 1. The maximum absolute atomic E-state index is 8.92. The Hall–Kier alpha value is -0.910. The Kier molecular flexibility index (Phi) is 4.60. The molecule has 1 N–H and O–H groups in total. The molecule has 0 bridgehead atoms. The van der Waals surface area contributed by atoms with Gasteiger partial charge < -0.3 is 10.0 Å². The zero-order chi connectivity index (χ0) is 14.0. The number of likely N-dealkylation sites (N-methyl/N-ethyl adjacent to an activating group) is 1. The Labute approximate surface area is 115 Å². The van der Waals surface area contributed by atoms with E-state index in [0.29, 0.717) is 12.1 Å². The Balaban J connectivity index is 1.81. The van der Waals surface area contributed by atoms with Crippen molar-refractivity contribution in [3.05, 3.63) is 17.5 Å². The number of aromatic nitrogens is 2. The highest BCUT2D eigenvalue weighted by Crippen LogP contribution is 2.24. The van der Waals surface area contributed by atoms with Crippen LogP contribution < -0.4 is 0 Å². The second kappa shape index (κ2) is 6.03. The zero-order valence-electron chi connectivity index (χ0n) is 12.5. The van der Waals surface area contributed by atoms with Gasteiger partial charge in [-0.1, -0.05) is 0 Å². The molecule has 0 radical (unpaired) electrons. The molecule has 1 aromatic rings. The van der Waals surface area contributed by atoms with Gasteiger partial charge in [0.2, 0.25) is 0 Å². The van der Waals surface area contributed by atoms with Gasteiger partial charge in [0.1, 0.15) is 0 Å². The van der Waals surface area contributed by atoms with E-state index < -0.39 is 0 Å². The predicted molar refractivity (Wildman–Crippen MR) is 76.4 cm³/mol. The van der Waals surface area contributed by atoms with E-state index in [-0.39, 0.29) is 6.61 Å². The van der Waals surface area contributed by atoms with Gasteiger partial charge in [-0.3, -0.25) is 9.58 Å². The average molecular weight is 266 g/mol. The summed E-state index contributed by atoms with van der Waals surface area (Å²) in [5.74, 6) is 0. The summed E-state index contributed by atoms with van der Waals surface area (Å²) in [6.07, 6.45) is 0. The smallest absolute Gasteiger partial charge is 0.0776 e. The number of rotatable bonds is 6. The molecule has 1 unspecified atom stereocenters. The van der Waals surface area contributed by atoms with Crippen molar-refractivity contribution in [1.29, 1.82) is 0 Å². The van der Waals surface area contributed by atoms with Crippen molar-refractivity contribution in [3.63, 3.8) is 0 Å². The van der Waals surface area contributed by atoms with Crippen molar-refractivity contribution >= 4 is 0 Å². The lowest BCUT2D eigenvalue weighted by Crippen LogP contribution is -2.55. The molecule has 2 rings (SSSR count). The third-order valence-electron chi connectivity index (χ3n) is 3.96. The summed E-state index contributed by atoms with van der Waals surface area (Å²) in [5, 5.41) is 13.5. The van der Waals surface area contributed by atoms with E-state index in [4.69, 9.17) is 5.11 Å². The minimum absolute atomic E-state index is 0.234. The van der Waals surface area contributed by atoms with Crippen molar-refractivity contribution in [2.75, 3.05) is 39.8 Å². The summed E-state index contributed by atoms with van der Waals surface area (Å²) < 4.78 is 2.16. The van der Waals surface area contributed by atoms with Crippen LogP contribution in [0.1, 0.15) is 24.4 Å². The first kappa shape index (κ1) is 14.5. The molecule has 1 atom stereocenters. The van der Waals surface area contributed by atoms with E-state index in [1.165, 1.54) is 5.69 Å². The molecule has 0 aliphatic carbocycles. The molecule has 1 fully saturated rings. The maximum Gasteiger partial charge on any atom is 0.0776 e. The average Bonchev–Trinajstić information content (AvgIpc) is 2.56. The Morgan fingerprint density at radius 3 is 2.68 bits per heavy atom. The van der Waals surface area contributed by atoms with E-state index >= 15 is 0 Å². The minimum Gasteiger partial charge on any atom is -0.395 e. The zero-order valence-corrected chi connectivity index (χ0v) is 12.5. The molecule has 0 saturated carbocycles. The van der Waals surface area contributed by atoms with Gasteiger partial charge in [-0.05, 0) is 33.9 Å². The van der Waals surface area contributed by atoms with E-state index in [1.807, 2.05) is 6.92 Å². The van der Waals surface area contributed by atoms with Crippen molar-refractivity contribution in [3.8, 4) is 0 Å². The van der Waals surface area contributed by atoms with E-state index in [9.17, 15) is 0 Å². The predicted octanol–water partition coefficient (Wildman–Crippen LogP) is 0.669. The normalized spacial score (nSPS) is 18.8. The van der Waals surface area contributed by atoms with Gasteiger partial charge in [0.15, 0.2) is 0 Å². The van der Waals surface area contributed by atoms with Crippen LogP contribution in [0.2, 0.25) is 0 Å². The van der Waals surface area contributed by atoms with Crippen molar-refractivity contribution in [2.45, 2.75) is 32.9 Å². The van der Waals surface area contributed by atoms with Gasteiger partial charge >= 0.3 is 0 Å². The lowest BCUT2D eigenvalue weighted by molar-refractivity contribution is 0.0426. The van der Waals surface area contributed by atoms with Crippen LogP contribution in [-0.2, 0) is 0 Å². The fraction of sp³-hybridized carbons (Fsp3) is 0.786. The van der Waals surface area contributed by atoms with Gasteiger partial charge in [0, 0.05) is 37.9 Å². The van der Waals surface area contributed by atoms with E-state index in [1.54, 1.807) is 0 Å². The summed E-state index contributed by atoms with van der Waals surface area (Å²) in [7, 11) is 2.06. The number of hydrogen-bond acceptors (Lipinski definition) is 4. The number of aliphatic hydroxyl groups excluding tert-OH is 1. The Bertz CT molecular complexity index is 412. The van der Waals surface area contributed by atoms with Gasteiger partial charge in [-0.15, -0.1) is 0 Å². The van der Waals surface area contributed by atoms with Crippen LogP contribution in [0.5, 0.6) is 0 Å². The molecule has 0 spiro atoms. The molecule has 1 saturated heterocycles. The van der Waals surface area contributed by atoms with Crippen LogP contribution in [0.25, 0.3) is 0 Å². The van der Waals surface area contributed by atoms with Gasteiger partial charge in [-0.2, -0.15) is 5.10 Å². The molecule has 2 heterocycles.